The zero-order valence-electron chi connectivity index (χ0n) is 11.6. The monoisotopic (exact) mass is 280 g/mol. The fourth-order valence-electron chi connectivity index (χ4n) is 3.24. The van der Waals surface area contributed by atoms with E-state index in [2.05, 4.69) is 28.2 Å². The van der Waals surface area contributed by atoms with E-state index in [1.165, 1.54) is 17.3 Å². The van der Waals surface area contributed by atoms with Gasteiger partial charge < -0.3 is 5.11 Å². The molecular weight excluding hydrogens is 264 g/mol. The zero-order valence-corrected chi connectivity index (χ0v) is 11.6. The summed E-state index contributed by atoms with van der Waals surface area (Å²) in [4.78, 5) is 20.3. The summed E-state index contributed by atoms with van der Waals surface area (Å²) in [7, 11) is 0. The first-order valence-corrected chi connectivity index (χ1v) is 7.42. The van der Waals surface area contributed by atoms with Crippen molar-refractivity contribution in [3.8, 4) is 0 Å². The Kier molecular flexibility index (Phi) is 2.77. The Bertz CT molecular complexity index is 722. The van der Waals surface area contributed by atoms with Gasteiger partial charge in [-0.25, -0.2) is 14.8 Å². The molecule has 2 aliphatic rings. The minimum Gasteiger partial charge on any atom is -0.478 e. The van der Waals surface area contributed by atoms with Gasteiger partial charge in [0, 0.05) is 18.0 Å². The number of carboxylic acid groups (broad SMARTS) is 1. The first-order valence-electron chi connectivity index (χ1n) is 7.42. The Morgan fingerprint density at radius 1 is 1.19 bits per heavy atom. The van der Waals surface area contributed by atoms with Gasteiger partial charge in [0.05, 0.1) is 11.3 Å². The van der Waals surface area contributed by atoms with Crippen LogP contribution in [-0.4, -0.2) is 21.0 Å². The molecule has 1 unspecified atom stereocenters. The van der Waals surface area contributed by atoms with Crippen LogP contribution in [0.3, 0.4) is 0 Å². The molecule has 4 rings (SSSR count). The lowest BCUT2D eigenvalue weighted by Crippen LogP contribution is -2.11. The fraction of sp³-hybridized carbons (Fsp3) is 0.353. The normalized spacial score (nSPS) is 20.3. The van der Waals surface area contributed by atoms with Crippen molar-refractivity contribution < 1.29 is 9.90 Å². The second-order valence-corrected chi connectivity index (χ2v) is 5.90. The molecule has 1 atom stereocenters. The quantitative estimate of drug-likeness (QED) is 0.938. The van der Waals surface area contributed by atoms with Crippen LogP contribution in [0.5, 0.6) is 0 Å². The number of hydrogen-bond donors (Lipinski definition) is 1. The molecular formula is C17H16N2O2. The van der Waals surface area contributed by atoms with Crippen LogP contribution in [0.4, 0.5) is 0 Å². The standard InChI is InChI=1S/C17H16N2O2/c20-17(21)14-9-18-16(19-15(14)11-5-6-11)13-8-7-10-3-1-2-4-12(10)13/h1-4,9,11,13H,5-8H2,(H,20,21). The smallest absolute Gasteiger partial charge is 0.339 e. The van der Waals surface area contributed by atoms with E-state index >= 15 is 0 Å². The highest BCUT2D eigenvalue weighted by molar-refractivity contribution is 5.88. The van der Waals surface area contributed by atoms with Crippen molar-refractivity contribution in [3.05, 3.63) is 58.7 Å². The van der Waals surface area contributed by atoms with Crippen LogP contribution in [-0.2, 0) is 6.42 Å². The molecule has 4 nitrogen and oxygen atoms in total. The Morgan fingerprint density at radius 3 is 2.76 bits per heavy atom. The van der Waals surface area contributed by atoms with Gasteiger partial charge in [0.1, 0.15) is 5.82 Å². The zero-order chi connectivity index (χ0) is 14.4. The maximum Gasteiger partial charge on any atom is 0.339 e. The number of benzene rings is 1. The third-order valence-corrected chi connectivity index (χ3v) is 4.48. The first kappa shape index (κ1) is 12.5. The molecule has 1 aromatic heterocycles. The van der Waals surface area contributed by atoms with Crippen LogP contribution < -0.4 is 0 Å². The van der Waals surface area contributed by atoms with Crippen LogP contribution in [0, 0.1) is 0 Å². The number of aromatic nitrogens is 2. The molecule has 0 aliphatic heterocycles. The molecule has 0 amide bonds. The van der Waals surface area contributed by atoms with Gasteiger partial charge in [-0.05, 0) is 36.8 Å². The van der Waals surface area contributed by atoms with Crippen molar-refractivity contribution in [3.63, 3.8) is 0 Å². The predicted molar refractivity (Wildman–Crippen MR) is 77.6 cm³/mol. The summed E-state index contributed by atoms with van der Waals surface area (Å²) in [5, 5.41) is 9.28. The molecule has 0 radical (unpaired) electrons. The van der Waals surface area contributed by atoms with E-state index in [9.17, 15) is 9.90 Å². The van der Waals surface area contributed by atoms with E-state index in [-0.39, 0.29) is 11.5 Å². The molecule has 1 saturated carbocycles. The van der Waals surface area contributed by atoms with Gasteiger partial charge in [-0.3, -0.25) is 0 Å². The molecule has 21 heavy (non-hydrogen) atoms. The van der Waals surface area contributed by atoms with Gasteiger partial charge in [-0.2, -0.15) is 0 Å². The number of aryl methyl sites for hydroxylation is 1. The molecule has 0 spiro atoms. The lowest BCUT2D eigenvalue weighted by atomic mass is 10.00. The molecule has 1 fully saturated rings. The number of fused-ring (bicyclic) bond motifs is 1. The molecule has 2 aliphatic carbocycles. The maximum absolute atomic E-state index is 11.3. The van der Waals surface area contributed by atoms with E-state index in [0.717, 1.165) is 37.2 Å². The van der Waals surface area contributed by atoms with Crippen molar-refractivity contribution in [1.29, 1.82) is 0 Å². The molecule has 2 aromatic rings. The number of rotatable bonds is 3. The van der Waals surface area contributed by atoms with Gasteiger partial charge >= 0.3 is 5.97 Å². The van der Waals surface area contributed by atoms with Gasteiger partial charge in [-0.1, -0.05) is 24.3 Å². The largest absolute Gasteiger partial charge is 0.478 e. The van der Waals surface area contributed by atoms with Gasteiger partial charge in [0.2, 0.25) is 0 Å². The average Bonchev–Trinajstić information content (AvgIpc) is 3.26. The van der Waals surface area contributed by atoms with Crippen LogP contribution in [0.2, 0.25) is 0 Å². The Hall–Kier alpha value is -2.23. The summed E-state index contributed by atoms with van der Waals surface area (Å²) in [5.41, 5.74) is 3.66. The van der Waals surface area contributed by atoms with Gasteiger partial charge in [-0.15, -0.1) is 0 Å². The third kappa shape index (κ3) is 2.11. The summed E-state index contributed by atoms with van der Waals surface area (Å²) in [6.45, 7) is 0. The average molecular weight is 280 g/mol. The molecule has 0 bridgehead atoms. The molecule has 0 saturated heterocycles. The lowest BCUT2D eigenvalue weighted by molar-refractivity contribution is 0.0694. The van der Waals surface area contributed by atoms with Crippen LogP contribution in [0.15, 0.2) is 30.5 Å². The molecule has 106 valence electrons. The molecule has 1 heterocycles. The van der Waals surface area contributed by atoms with Gasteiger partial charge in [0.15, 0.2) is 0 Å². The summed E-state index contributed by atoms with van der Waals surface area (Å²) >= 11 is 0. The summed E-state index contributed by atoms with van der Waals surface area (Å²) in [6, 6.07) is 8.40. The van der Waals surface area contributed by atoms with Crippen molar-refractivity contribution in [2.45, 2.75) is 37.5 Å². The van der Waals surface area contributed by atoms with E-state index < -0.39 is 5.97 Å². The predicted octanol–water partition coefficient (Wildman–Crippen LogP) is 3.13. The number of hydrogen-bond acceptors (Lipinski definition) is 3. The summed E-state index contributed by atoms with van der Waals surface area (Å²) < 4.78 is 0. The number of carbonyl (C=O) groups is 1. The summed E-state index contributed by atoms with van der Waals surface area (Å²) in [5.74, 6) is 0.387. The Balaban J connectivity index is 1.77. The number of aromatic carboxylic acids is 1. The van der Waals surface area contributed by atoms with Gasteiger partial charge in [0.25, 0.3) is 0 Å². The minimum absolute atomic E-state index is 0.210. The summed E-state index contributed by atoms with van der Waals surface area (Å²) in [6.07, 6.45) is 5.63. The third-order valence-electron chi connectivity index (χ3n) is 4.48. The van der Waals surface area contributed by atoms with E-state index in [1.54, 1.807) is 0 Å². The molecule has 4 heteroatoms. The highest BCUT2D eigenvalue weighted by atomic mass is 16.4. The van der Waals surface area contributed by atoms with Crippen molar-refractivity contribution in [2.75, 3.05) is 0 Å². The van der Waals surface area contributed by atoms with E-state index in [0.29, 0.717) is 5.92 Å². The van der Waals surface area contributed by atoms with E-state index in [4.69, 9.17) is 0 Å². The van der Waals surface area contributed by atoms with Crippen molar-refractivity contribution in [1.82, 2.24) is 9.97 Å². The van der Waals surface area contributed by atoms with Crippen molar-refractivity contribution in [2.24, 2.45) is 0 Å². The van der Waals surface area contributed by atoms with Crippen LogP contribution >= 0.6 is 0 Å². The highest BCUT2D eigenvalue weighted by Crippen LogP contribution is 2.42. The van der Waals surface area contributed by atoms with Crippen LogP contribution in [0.25, 0.3) is 0 Å². The fourth-order valence-corrected chi connectivity index (χ4v) is 3.24. The molecule has 1 N–H and O–H groups in total. The topological polar surface area (TPSA) is 63.1 Å². The minimum atomic E-state index is -0.921. The van der Waals surface area contributed by atoms with Crippen molar-refractivity contribution >= 4 is 5.97 Å². The second kappa shape index (κ2) is 4.65. The van der Waals surface area contributed by atoms with E-state index in [1.807, 2.05) is 6.07 Å². The highest BCUT2D eigenvalue weighted by Gasteiger charge is 2.32. The SMILES string of the molecule is O=C(O)c1cnc(C2CCc3ccccc32)nc1C1CC1. The lowest BCUT2D eigenvalue weighted by Gasteiger charge is -2.12. The Morgan fingerprint density at radius 2 is 2.00 bits per heavy atom. The first-order chi connectivity index (χ1) is 10.2. The second-order valence-electron chi connectivity index (χ2n) is 5.90. The Labute approximate surface area is 122 Å². The molecule has 1 aromatic carbocycles. The number of nitrogens with zero attached hydrogens (tertiary/aromatic N) is 2. The maximum atomic E-state index is 11.3. The number of carboxylic acids is 1. The van der Waals surface area contributed by atoms with Crippen LogP contribution in [0.1, 0.15) is 64.1 Å².